The summed E-state index contributed by atoms with van der Waals surface area (Å²) in [6, 6.07) is 0. The van der Waals surface area contributed by atoms with Crippen molar-refractivity contribution in [3.8, 4) is 0 Å². The maximum Gasteiger partial charge on any atom is 0.194 e. The standard InChI is InChI=1S/C13H24OS.C12H22OS.C11H20OS/c1-12(2,3)10-15-11(14)13(4)8-6-5-7-9-13;1-11(2,3)9-14-10(13)12(4)7-5-6-8-12;1-10(2,3)8-13-9(12)11(4)6-5-7-11/h5-10H2,1-4H3;5-9H2,1-4H3;5-8H2,1-4H3. The number of carbonyl (C=O) groups excluding carboxylic acids is 3. The molecule has 0 amide bonds. The summed E-state index contributed by atoms with van der Waals surface area (Å²) in [6.45, 7) is 26.1. The van der Waals surface area contributed by atoms with Crippen LogP contribution in [0.1, 0.15) is 160 Å². The van der Waals surface area contributed by atoms with Gasteiger partial charge < -0.3 is 0 Å². The van der Waals surface area contributed by atoms with Crippen molar-refractivity contribution in [2.24, 2.45) is 32.5 Å². The molecule has 0 unspecified atom stereocenters. The molecular weight excluding hydrogens is 577 g/mol. The van der Waals surface area contributed by atoms with Gasteiger partial charge in [0.25, 0.3) is 0 Å². The lowest BCUT2D eigenvalue weighted by atomic mass is 9.72. The molecule has 3 rings (SSSR count). The Morgan fingerprint density at radius 1 is 0.429 bits per heavy atom. The van der Waals surface area contributed by atoms with Gasteiger partial charge in [0.15, 0.2) is 15.3 Å². The second-order valence-corrected chi connectivity index (χ2v) is 20.6. The Morgan fingerprint density at radius 2 is 0.643 bits per heavy atom. The zero-order valence-corrected chi connectivity index (χ0v) is 32.0. The monoisotopic (exact) mass is 642 g/mol. The summed E-state index contributed by atoms with van der Waals surface area (Å²) in [5, 5.41) is 1.26. The molecular formula is C36H66O3S3. The Labute approximate surface area is 273 Å². The smallest absolute Gasteiger partial charge is 0.194 e. The molecule has 3 aliphatic rings. The van der Waals surface area contributed by atoms with Crippen molar-refractivity contribution in [3.63, 3.8) is 0 Å². The molecule has 0 aromatic rings. The highest BCUT2D eigenvalue weighted by Crippen LogP contribution is 2.45. The summed E-state index contributed by atoms with van der Waals surface area (Å²) in [7, 11) is 0. The molecule has 246 valence electrons. The fraction of sp³-hybridized carbons (Fsp3) is 0.917. The quantitative estimate of drug-likeness (QED) is 0.287. The Morgan fingerprint density at radius 3 is 0.833 bits per heavy atom. The van der Waals surface area contributed by atoms with Gasteiger partial charge in [-0.15, -0.1) is 0 Å². The highest BCUT2D eigenvalue weighted by molar-refractivity contribution is 8.14. The molecule has 6 heteroatoms. The third kappa shape index (κ3) is 15.4. The fourth-order valence-electron chi connectivity index (χ4n) is 5.18. The van der Waals surface area contributed by atoms with E-state index in [9.17, 15) is 14.4 Å². The molecule has 3 saturated carbocycles. The SMILES string of the molecule is CC(C)(C)CSC(=O)C1(C)CCC1.CC(C)(C)CSC(=O)C1(C)CCCC1.CC(C)(C)CSC(=O)C1(C)CCCCC1. The van der Waals surface area contributed by atoms with Gasteiger partial charge in [-0.25, -0.2) is 0 Å². The van der Waals surface area contributed by atoms with E-state index in [2.05, 4.69) is 83.1 Å². The van der Waals surface area contributed by atoms with Gasteiger partial charge >= 0.3 is 0 Å². The third-order valence-corrected chi connectivity index (χ3v) is 13.8. The van der Waals surface area contributed by atoms with E-state index in [1.165, 1.54) is 50.3 Å². The van der Waals surface area contributed by atoms with Gasteiger partial charge in [0, 0.05) is 33.5 Å². The molecule has 0 N–H and O–H groups in total. The average Bonchev–Trinajstić information content (AvgIpc) is 3.30. The minimum absolute atomic E-state index is 0.00405. The largest absolute Gasteiger partial charge is 0.287 e. The van der Waals surface area contributed by atoms with Crippen molar-refractivity contribution in [2.75, 3.05) is 17.3 Å². The lowest BCUT2D eigenvalue weighted by Gasteiger charge is -2.36. The maximum absolute atomic E-state index is 12.1. The highest BCUT2D eigenvalue weighted by Gasteiger charge is 2.40. The molecule has 0 saturated heterocycles. The Bertz CT molecular complexity index is 857. The van der Waals surface area contributed by atoms with Crippen LogP contribution in [-0.4, -0.2) is 32.6 Å². The van der Waals surface area contributed by atoms with Crippen molar-refractivity contribution >= 4 is 50.6 Å². The maximum atomic E-state index is 12.1. The second-order valence-electron chi connectivity index (χ2n) is 17.7. The first-order valence-electron chi connectivity index (χ1n) is 16.5. The van der Waals surface area contributed by atoms with Gasteiger partial charge in [-0.05, 0) is 54.8 Å². The summed E-state index contributed by atoms with van der Waals surface area (Å²) in [6.07, 6.45) is 14.1. The molecule has 3 fully saturated rings. The molecule has 0 aliphatic heterocycles. The second kappa shape index (κ2) is 16.6. The summed E-state index contributed by atoms with van der Waals surface area (Å²) in [4.78, 5) is 35.9. The van der Waals surface area contributed by atoms with Crippen LogP contribution in [-0.2, 0) is 14.4 Å². The topological polar surface area (TPSA) is 51.2 Å². The summed E-state index contributed by atoms with van der Waals surface area (Å²) < 4.78 is 0. The molecule has 3 nitrogen and oxygen atoms in total. The Hall–Kier alpha value is 0.0600. The Kier molecular flexibility index (Phi) is 15.8. The first kappa shape index (κ1) is 40.1. The lowest BCUT2D eigenvalue weighted by molar-refractivity contribution is -0.123. The molecule has 0 heterocycles. The predicted molar refractivity (Wildman–Crippen MR) is 190 cm³/mol. The van der Waals surface area contributed by atoms with E-state index in [4.69, 9.17) is 0 Å². The zero-order valence-electron chi connectivity index (χ0n) is 29.6. The van der Waals surface area contributed by atoms with Gasteiger partial charge in [-0.1, -0.05) is 157 Å². The fourth-order valence-corrected chi connectivity index (χ4v) is 8.53. The van der Waals surface area contributed by atoms with Gasteiger partial charge in [-0.2, -0.15) is 0 Å². The van der Waals surface area contributed by atoms with Gasteiger partial charge in [0.2, 0.25) is 0 Å². The van der Waals surface area contributed by atoms with Crippen LogP contribution in [0.2, 0.25) is 0 Å². The summed E-state index contributed by atoms with van der Waals surface area (Å²) >= 11 is 4.62. The van der Waals surface area contributed by atoms with E-state index >= 15 is 0 Å². The number of hydrogen-bond acceptors (Lipinski definition) is 6. The van der Waals surface area contributed by atoms with Crippen LogP contribution in [0.4, 0.5) is 0 Å². The normalized spacial score (nSPS) is 21.1. The van der Waals surface area contributed by atoms with Crippen LogP contribution in [0.15, 0.2) is 0 Å². The lowest BCUT2D eigenvalue weighted by Crippen LogP contribution is -2.33. The molecule has 0 aromatic carbocycles. The van der Waals surface area contributed by atoms with Gasteiger partial charge in [-0.3, -0.25) is 14.4 Å². The molecule has 0 bridgehead atoms. The molecule has 0 aromatic heterocycles. The molecule has 0 radical (unpaired) electrons. The van der Waals surface area contributed by atoms with Crippen LogP contribution in [0.25, 0.3) is 0 Å². The summed E-state index contributed by atoms with van der Waals surface area (Å²) in [5.74, 6) is 2.84. The van der Waals surface area contributed by atoms with Crippen LogP contribution in [0, 0.1) is 32.5 Å². The average molecular weight is 643 g/mol. The number of thioether (sulfide) groups is 3. The number of rotatable bonds is 6. The van der Waals surface area contributed by atoms with Crippen LogP contribution in [0.5, 0.6) is 0 Å². The Balaban J connectivity index is 0.000000316. The predicted octanol–water partition coefficient (Wildman–Crippen LogP) is 11.6. The molecule has 42 heavy (non-hydrogen) atoms. The van der Waals surface area contributed by atoms with E-state index in [1.54, 1.807) is 23.5 Å². The highest BCUT2D eigenvalue weighted by atomic mass is 32.2. The minimum Gasteiger partial charge on any atom is -0.287 e. The zero-order chi connectivity index (χ0) is 32.5. The van der Waals surface area contributed by atoms with E-state index in [-0.39, 0.29) is 32.5 Å². The number of hydrogen-bond donors (Lipinski definition) is 0. The van der Waals surface area contributed by atoms with Crippen molar-refractivity contribution in [3.05, 3.63) is 0 Å². The van der Waals surface area contributed by atoms with Crippen LogP contribution in [0.3, 0.4) is 0 Å². The number of carbonyl (C=O) groups is 3. The van der Waals surface area contributed by atoms with Gasteiger partial charge in [0.05, 0.1) is 0 Å². The van der Waals surface area contributed by atoms with Crippen LogP contribution < -0.4 is 0 Å². The van der Waals surface area contributed by atoms with Crippen LogP contribution >= 0.6 is 35.3 Å². The third-order valence-electron chi connectivity index (χ3n) is 8.51. The van der Waals surface area contributed by atoms with Gasteiger partial charge in [0.1, 0.15) is 0 Å². The molecule has 3 aliphatic carbocycles. The minimum atomic E-state index is -0.0197. The molecule has 0 spiro atoms. The van der Waals surface area contributed by atoms with E-state index in [0.29, 0.717) is 15.3 Å². The van der Waals surface area contributed by atoms with E-state index < -0.39 is 0 Å². The first-order valence-corrected chi connectivity index (χ1v) is 19.5. The molecule has 0 atom stereocenters. The van der Waals surface area contributed by atoms with Crippen molar-refractivity contribution in [2.45, 2.75) is 160 Å². The summed E-state index contributed by atoms with van der Waals surface area (Å²) in [5.41, 5.74) is 0.779. The van der Waals surface area contributed by atoms with E-state index in [0.717, 1.165) is 55.8 Å². The van der Waals surface area contributed by atoms with Crippen molar-refractivity contribution in [1.82, 2.24) is 0 Å². The van der Waals surface area contributed by atoms with E-state index in [1.807, 2.05) is 0 Å². The van der Waals surface area contributed by atoms with Crippen molar-refractivity contribution < 1.29 is 14.4 Å². The first-order chi connectivity index (χ1) is 19.0. The van der Waals surface area contributed by atoms with Crippen molar-refractivity contribution in [1.29, 1.82) is 0 Å².